The van der Waals surface area contributed by atoms with E-state index in [1.165, 1.54) is 0 Å². The molecule has 0 fully saturated rings. The zero-order valence-electron chi connectivity index (χ0n) is 10.9. The summed E-state index contributed by atoms with van der Waals surface area (Å²) in [4.78, 5) is 2.05. The van der Waals surface area contributed by atoms with Crippen LogP contribution in [0.15, 0.2) is 18.2 Å². The average molecular weight is 257 g/mol. The van der Waals surface area contributed by atoms with E-state index < -0.39 is 0 Å². The van der Waals surface area contributed by atoms with Gasteiger partial charge in [0.1, 0.15) is 5.75 Å². The first-order chi connectivity index (χ1) is 7.90. The molecule has 4 heteroatoms. The fraction of sp³-hybridized carbons (Fsp3) is 0.538. The van der Waals surface area contributed by atoms with Crippen molar-refractivity contribution >= 4 is 11.6 Å². The Morgan fingerprint density at radius 3 is 2.47 bits per heavy atom. The summed E-state index contributed by atoms with van der Waals surface area (Å²) in [5.74, 6) is 0.711. The molecule has 0 bridgehead atoms. The zero-order valence-corrected chi connectivity index (χ0v) is 11.7. The van der Waals surface area contributed by atoms with E-state index in [1.54, 1.807) is 0 Å². The summed E-state index contributed by atoms with van der Waals surface area (Å²) in [6.45, 7) is 4.74. The van der Waals surface area contributed by atoms with Crippen LogP contribution in [0, 0.1) is 0 Å². The highest BCUT2D eigenvalue weighted by atomic mass is 35.5. The second-order valence-electron chi connectivity index (χ2n) is 4.73. The number of halogens is 1. The number of rotatable bonds is 5. The lowest BCUT2D eigenvalue weighted by Gasteiger charge is -2.18. The topological polar surface area (TPSA) is 38.5 Å². The number of nitrogens with two attached hydrogens (primary N) is 1. The van der Waals surface area contributed by atoms with Gasteiger partial charge in [-0.15, -0.1) is 0 Å². The molecule has 0 aromatic heterocycles. The number of nitrogens with zero attached hydrogens (tertiary/aromatic N) is 1. The van der Waals surface area contributed by atoms with Crippen molar-refractivity contribution in [3.8, 4) is 5.75 Å². The molecule has 0 aliphatic rings. The summed E-state index contributed by atoms with van der Waals surface area (Å²) in [6.07, 6.45) is 0.119. The standard InChI is InChI=1S/C13H21ClN2O/c1-9(2)17-13-6-5-10(7-11(13)14)12(15)8-16(3)4/h5-7,9,12H,8,15H2,1-4H3. The van der Waals surface area contributed by atoms with Crippen LogP contribution < -0.4 is 10.5 Å². The zero-order chi connectivity index (χ0) is 13.0. The van der Waals surface area contributed by atoms with Crippen molar-refractivity contribution in [2.75, 3.05) is 20.6 Å². The van der Waals surface area contributed by atoms with Crippen LogP contribution in [0.4, 0.5) is 0 Å². The largest absolute Gasteiger partial charge is 0.489 e. The van der Waals surface area contributed by atoms with E-state index in [2.05, 4.69) is 4.90 Å². The van der Waals surface area contributed by atoms with Crippen molar-refractivity contribution in [3.63, 3.8) is 0 Å². The van der Waals surface area contributed by atoms with Crippen molar-refractivity contribution < 1.29 is 4.74 Å². The Labute approximate surface area is 109 Å². The predicted octanol–water partition coefficient (Wildman–Crippen LogP) is 2.69. The van der Waals surface area contributed by atoms with Gasteiger partial charge in [-0.05, 0) is 45.6 Å². The van der Waals surface area contributed by atoms with Crippen LogP contribution in [0.1, 0.15) is 25.5 Å². The maximum Gasteiger partial charge on any atom is 0.138 e. The third kappa shape index (κ3) is 4.54. The van der Waals surface area contributed by atoms with E-state index in [0.29, 0.717) is 10.8 Å². The van der Waals surface area contributed by atoms with E-state index in [1.807, 2.05) is 46.1 Å². The monoisotopic (exact) mass is 256 g/mol. The third-order valence-electron chi connectivity index (χ3n) is 2.31. The van der Waals surface area contributed by atoms with Crippen LogP contribution in [0.2, 0.25) is 5.02 Å². The minimum Gasteiger partial charge on any atom is -0.489 e. The number of likely N-dealkylation sites (N-methyl/N-ethyl adjacent to an activating group) is 1. The van der Waals surface area contributed by atoms with Gasteiger partial charge in [-0.25, -0.2) is 0 Å². The normalized spacial score (nSPS) is 13.2. The lowest BCUT2D eigenvalue weighted by molar-refractivity contribution is 0.242. The molecule has 0 heterocycles. The fourth-order valence-corrected chi connectivity index (χ4v) is 1.83. The molecule has 3 nitrogen and oxygen atoms in total. The Bertz CT molecular complexity index is 366. The summed E-state index contributed by atoms with van der Waals surface area (Å²) in [5, 5.41) is 0.616. The molecule has 1 rings (SSSR count). The van der Waals surface area contributed by atoms with E-state index >= 15 is 0 Å². The van der Waals surface area contributed by atoms with Crippen molar-refractivity contribution in [2.24, 2.45) is 5.73 Å². The molecule has 0 spiro atoms. The van der Waals surface area contributed by atoms with Gasteiger partial charge in [0.25, 0.3) is 0 Å². The summed E-state index contributed by atoms with van der Waals surface area (Å²) in [6, 6.07) is 5.70. The Hall–Kier alpha value is -0.770. The molecule has 0 saturated carbocycles. The summed E-state index contributed by atoms with van der Waals surface area (Å²) < 4.78 is 5.58. The predicted molar refractivity (Wildman–Crippen MR) is 72.7 cm³/mol. The smallest absolute Gasteiger partial charge is 0.138 e. The number of hydrogen-bond donors (Lipinski definition) is 1. The molecule has 17 heavy (non-hydrogen) atoms. The Balaban J connectivity index is 2.81. The van der Waals surface area contributed by atoms with Crippen LogP contribution in [0.25, 0.3) is 0 Å². The SMILES string of the molecule is CC(C)Oc1ccc(C(N)CN(C)C)cc1Cl. The highest BCUT2D eigenvalue weighted by Gasteiger charge is 2.10. The number of hydrogen-bond acceptors (Lipinski definition) is 3. The molecule has 1 aromatic carbocycles. The molecule has 0 aliphatic carbocycles. The first-order valence-electron chi connectivity index (χ1n) is 5.76. The molecule has 0 saturated heterocycles. The molecule has 0 radical (unpaired) electrons. The second kappa shape index (κ2) is 6.24. The first kappa shape index (κ1) is 14.3. The molecule has 1 aromatic rings. The Morgan fingerprint density at radius 1 is 1.35 bits per heavy atom. The van der Waals surface area contributed by atoms with E-state index in [-0.39, 0.29) is 12.1 Å². The van der Waals surface area contributed by atoms with Crippen molar-refractivity contribution in [1.29, 1.82) is 0 Å². The van der Waals surface area contributed by atoms with Gasteiger partial charge in [0.05, 0.1) is 11.1 Å². The maximum atomic E-state index is 6.16. The highest BCUT2D eigenvalue weighted by molar-refractivity contribution is 6.32. The van der Waals surface area contributed by atoms with E-state index in [0.717, 1.165) is 12.1 Å². The van der Waals surface area contributed by atoms with Gasteiger partial charge in [0.15, 0.2) is 0 Å². The van der Waals surface area contributed by atoms with Gasteiger partial charge in [-0.1, -0.05) is 17.7 Å². The maximum absolute atomic E-state index is 6.16. The van der Waals surface area contributed by atoms with Gasteiger partial charge in [0.2, 0.25) is 0 Å². The molecule has 0 aliphatic heterocycles. The third-order valence-corrected chi connectivity index (χ3v) is 2.60. The number of benzene rings is 1. The van der Waals surface area contributed by atoms with Gasteiger partial charge >= 0.3 is 0 Å². The summed E-state index contributed by atoms with van der Waals surface area (Å²) in [5.41, 5.74) is 7.10. The molecule has 1 unspecified atom stereocenters. The fourth-order valence-electron chi connectivity index (χ4n) is 1.60. The van der Waals surface area contributed by atoms with Crippen molar-refractivity contribution in [2.45, 2.75) is 26.0 Å². The number of ether oxygens (including phenoxy) is 1. The minimum atomic E-state index is -0.0319. The highest BCUT2D eigenvalue weighted by Crippen LogP contribution is 2.28. The van der Waals surface area contributed by atoms with Gasteiger partial charge in [-0.2, -0.15) is 0 Å². The minimum absolute atomic E-state index is 0.0319. The molecule has 1 atom stereocenters. The Morgan fingerprint density at radius 2 is 2.00 bits per heavy atom. The quantitative estimate of drug-likeness (QED) is 0.880. The molecular weight excluding hydrogens is 236 g/mol. The van der Waals surface area contributed by atoms with Gasteiger partial charge < -0.3 is 15.4 Å². The van der Waals surface area contributed by atoms with Crippen LogP contribution in [0.3, 0.4) is 0 Å². The molecule has 96 valence electrons. The Kier molecular flexibility index (Phi) is 5.25. The molecular formula is C13H21ClN2O. The summed E-state index contributed by atoms with van der Waals surface area (Å²) >= 11 is 6.16. The van der Waals surface area contributed by atoms with E-state index in [9.17, 15) is 0 Å². The lowest BCUT2D eigenvalue weighted by Crippen LogP contribution is -2.25. The summed E-state index contributed by atoms with van der Waals surface area (Å²) in [7, 11) is 4.00. The van der Waals surface area contributed by atoms with Crippen molar-refractivity contribution in [3.05, 3.63) is 28.8 Å². The second-order valence-corrected chi connectivity index (χ2v) is 5.13. The van der Waals surface area contributed by atoms with Crippen LogP contribution in [-0.2, 0) is 0 Å². The van der Waals surface area contributed by atoms with Gasteiger partial charge in [0, 0.05) is 12.6 Å². The van der Waals surface area contributed by atoms with E-state index in [4.69, 9.17) is 22.1 Å². The van der Waals surface area contributed by atoms with Crippen LogP contribution >= 0.6 is 11.6 Å². The van der Waals surface area contributed by atoms with Crippen LogP contribution in [0.5, 0.6) is 5.75 Å². The first-order valence-corrected chi connectivity index (χ1v) is 6.14. The molecule has 2 N–H and O–H groups in total. The van der Waals surface area contributed by atoms with Crippen LogP contribution in [-0.4, -0.2) is 31.6 Å². The van der Waals surface area contributed by atoms with Crippen molar-refractivity contribution in [1.82, 2.24) is 4.90 Å². The molecule has 0 amide bonds. The van der Waals surface area contributed by atoms with Gasteiger partial charge in [-0.3, -0.25) is 0 Å². The lowest BCUT2D eigenvalue weighted by atomic mass is 10.1. The average Bonchev–Trinajstić information content (AvgIpc) is 2.19.